The van der Waals surface area contributed by atoms with Crippen LogP contribution >= 0.6 is 34.5 Å². The third-order valence-corrected chi connectivity index (χ3v) is 3.74. The molecule has 0 radical (unpaired) electrons. The van der Waals surface area contributed by atoms with Crippen LogP contribution in [0.25, 0.3) is 0 Å². The minimum Gasteiger partial charge on any atom is -0.388 e. The van der Waals surface area contributed by atoms with Gasteiger partial charge < -0.3 is 5.11 Å². The largest absolute Gasteiger partial charge is 0.388 e. The lowest BCUT2D eigenvalue weighted by Gasteiger charge is -2.08. The van der Waals surface area contributed by atoms with Gasteiger partial charge in [0.2, 0.25) is 0 Å². The van der Waals surface area contributed by atoms with E-state index >= 15 is 0 Å². The highest BCUT2D eigenvalue weighted by atomic mass is 35.5. The molecule has 86 valence electrons. The van der Waals surface area contributed by atoms with Gasteiger partial charge in [0.1, 0.15) is 16.5 Å². The van der Waals surface area contributed by atoms with Crippen molar-refractivity contribution in [2.45, 2.75) is 12.5 Å². The van der Waals surface area contributed by atoms with E-state index in [-0.39, 0.29) is 0 Å². The fraction of sp³-hybridized carbons (Fsp3) is 0.333. The van der Waals surface area contributed by atoms with Gasteiger partial charge in [-0.15, -0.1) is 11.3 Å². The Morgan fingerprint density at radius 2 is 2.31 bits per heavy atom. The molecule has 0 aliphatic rings. The van der Waals surface area contributed by atoms with Gasteiger partial charge in [0.15, 0.2) is 0 Å². The Balaban J connectivity index is 2.17. The molecule has 1 unspecified atom stereocenters. The van der Waals surface area contributed by atoms with Gasteiger partial charge in [-0.1, -0.05) is 23.2 Å². The fourth-order valence-corrected chi connectivity index (χ4v) is 2.94. The van der Waals surface area contributed by atoms with E-state index in [0.717, 1.165) is 0 Å². The lowest BCUT2D eigenvalue weighted by Crippen LogP contribution is -2.07. The van der Waals surface area contributed by atoms with Gasteiger partial charge >= 0.3 is 0 Å². The minimum atomic E-state index is -0.709. The molecule has 1 atom stereocenters. The van der Waals surface area contributed by atoms with E-state index in [1.807, 2.05) is 0 Å². The normalized spacial score (nSPS) is 13.0. The van der Waals surface area contributed by atoms with Crippen LogP contribution in [-0.4, -0.2) is 19.9 Å². The maximum atomic E-state index is 9.99. The molecule has 2 aromatic rings. The van der Waals surface area contributed by atoms with Crippen LogP contribution in [0.2, 0.25) is 8.67 Å². The van der Waals surface area contributed by atoms with E-state index in [1.54, 1.807) is 17.8 Å². The monoisotopic (exact) mass is 277 g/mol. The number of aromatic nitrogens is 3. The molecule has 4 nitrogen and oxygen atoms in total. The number of aryl methyl sites for hydroxylation is 1. The van der Waals surface area contributed by atoms with Gasteiger partial charge in [-0.05, 0) is 6.07 Å². The van der Waals surface area contributed by atoms with Crippen LogP contribution < -0.4 is 0 Å². The average molecular weight is 278 g/mol. The van der Waals surface area contributed by atoms with Gasteiger partial charge in [0, 0.05) is 19.0 Å². The van der Waals surface area contributed by atoms with E-state index in [1.165, 1.54) is 17.7 Å². The SMILES string of the molecule is Cn1ncnc1CC(O)c1cc(Cl)sc1Cl. The smallest absolute Gasteiger partial charge is 0.138 e. The molecular weight excluding hydrogens is 269 g/mol. The summed E-state index contributed by atoms with van der Waals surface area (Å²) in [4.78, 5) is 4.04. The van der Waals surface area contributed by atoms with E-state index in [9.17, 15) is 5.11 Å². The molecule has 0 spiro atoms. The van der Waals surface area contributed by atoms with Crippen LogP contribution in [0.3, 0.4) is 0 Å². The van der Waals surface area contributed by atoms with E-state index < -0.39 is 6.10 Å². The maximum absolute atomic E-state index is 9.99. The molecule has 0 fully saturated rings. The topological polar surface area (TPSA) is 50.9 Å². The van der Waals surface area contributed by atoms with Crippen LogP contribution in [0, 0.1) is 0 Å². The van der Waals surface area contributed by atoms with Crippen molar-refractivity contribution in [1.29, 1.82) is 0 Å². The summed E-state index contributed by atoms with van der Waals surface area (Å²) in [6.07, 6.45) is 1.10. The first-order valence-electron chi connectivity index (χ1n) is 4.53. The van der Waals surface area contributed by atoms with Crippen LogP contribution in [0.4, 0.5) is 0 Å². The highest BCUT2D eigenvalue weighted by Crippen LogP contribution is 2.35. The highest BCUT2D eigenvalue weighted by molar-refractivity contribution is 7.20. The summed E-state index contributed by atoms with van der Waals surface area (Å²) in [6, 6.07) is 1.68. The zero-order valence-corrected chi connectivity index (χ0v) is 10.7. The van der Waals surface area contributed by atoms with Crippen LogP contribution in [0.1, 0.15) is 17.5 Å². The third kappa shape index (κ3) is 2.38. The van der Waals surface area contributed by atoms with E-state index in [2.05, 4.69) is 10.1 Å². The predicted molar refractivity (Wildman–Crippen MR) is 64.0 cm³/mol. The van der Waals surface area contributed by atoms with Crippen molar-refractivity contribution in [3.63, 3.8) is 0 Å². The van der Waals surface area contributed by atoms with Gasteiger partial charge in [0.25, 0.3) is 0 Å². The summed E-state index contributed by atoms with van der Waals surface area (Å²) < 4.78 is 2.70. The number of aliphatic hydroxyl groups is 1. The number of thiophene rings is 1. The number of hydrogen-bond acceptors (Lipinski definition) is 4. The zero-order chi connectivity index (χ0) is 11.7. The quantitative estimate of drug-likeness (QED) is 0.938. The number of aliphatic hydroxyl groups excluding tert-OH is 1. The molecular formula is C9H9Cl2N3OS. The second-order valence-electron chi connectivity index (χ2n) is 3.30. The average Bonchev–Trinajstić information content (AvgIpc) is 2.74. The predicted octanol–water partition coefficient (Wildman–Crippen LogP) is 2.46. The summed E-state index contributed by atoms with van der Waals surface area (Å²) in [5.74, 6) is 0.700. The number of hydrogen-bond donors (Lipinski definition) is 1. The first-order chi connectivity index (χ1) is 7.58. The summed E-state index contributed by atoms with van der Waals surface area (Å²) in [5, 5.41) is 13.9. The molecule has 2 aromatic heterocycles. The molecule has 7 heteroatoms. The van der Waals surface area contributed by atoms with Crippen LogP contribution in [-0.2, 0) is 13.5 Å². The van der Waals surface area contributed by atoms with Crippen molar-refractivity contribution < 1.29 is 5.11 Å². The molecule has 0 aliphatic carbocycles. The van der Waals surface area contributed by atoms with Gasteiger partial charge in [-0.25, -0.2) is 4.98 Å². The number of halogens is 2. The maximum Gasteiger partial charge on any atom is 0.138 e. The van der Waals surface area contributed by atoms with Crippen molar-refractivity contribution in [2.24, 2.45) is 7.05 Å². The second kappa shape index (κ2) is 4.71. The molecule has 0 aliphatic heterocycles. The minimum absolute atomic E-state index is 0.364. The van der Waals surface area contributed by atoms with Crippen molar-refractivity contribution in [1.82, 2.24) is 14.8 Å². The molecule has 2 heterocycles. The summed E-state index contributed by atoms with van der Waals surface area (Å²) in [7, 11) is 1.78. The van der Waals surface area contributed by atoms with E-state index in [4.69, 9.17) is 23.2 Å². The number of nitrogens with zero attached hydrogens (tertiary/aromatic N) is 3. The van der Waals surface area contributed by atoms with Crippen LogP contribution in [0.15, 0.2) is 12.4 Å². The fourth-order valence-electron chi connectivity index (χ4n) is 1.37. The first-order valence-corrected chi connectivity index (χ1v) is 6.11. The highest BCUT2D eigenvalue weighted by Gasteiger charge is 2.17. The zero-order valence-electron chi connectivity index (χ0n) is 8.39. The standard InChI is InChI=1S/C9H9Cl2N3OS/c1-14-8(12-4-13-14)3-6(15)5-2-7(10)16-9(5)11/h2,4,6,15H,3H2,1H3. The summed E-state index contributed by atoms with van der Waals surface area (Å²) in [5.41, 5.74) is 0.639. The van der Waals surface area contributed by atoms with Crippen molar-refractivity contribution in [3.8, 4) is 0 Å². The summed E-state index contributed by atoms with van der Waals surface area (Å²) in [6.45, 7) is 0. The molecule has 0 bridgehead atoms. The molecule has 1 N–H and O–H groups in total. The second-order valence-corrected chi connectivity index (χ2v) is 5.58. The van der Waals surface area contributed by atoms with Crippen molar-refractivity contribution >= 4 is 34.5 Å². The lowest BCUT2D eigenvalue weighted by atomic mass is 10.1. The summed E-state index contributed by atoms with van der Waals surface area (Å²) >= 11 is 13.0. The first kappa shape index (κ1) is 11.9. The molecule has 0 saturated carbocycles. The van der Waals surface area contributed by atoms with Gasteiger partial charge in [0.05, 0.1) is 10.4 Å². The molecule has 2 rings (SSSR count). The Kier molecular flexibility index (Phi) is 3.49. The van der Waals surface area contributed by atoms with Crippen molar-refractivity contribution in [3.05, 3.63) is 32.5 Å². The molecule has 0 amide bonds. The molecule has 0 saturated heterocycles. The lowest BCUT2D eigenvalue weighted by molar-refractivity contribution is 0.175. The van der Waals surface area contributed by atoms with Gasteiger partial charge in [-0.3, -0.25) is 4.68 Å². The Hall–Kier alpha value is -0.620. The number of rotatable bonds is 3. The Labute approximate surface area is 106 Å². The third-order valence-electron chi connectivity index (χ3n) is 2.22. The Morgan fingerprint density at radius 3 is 2.81 bits per heavy atom. The molecule has 0 aromatic carbocycles. The Morgan fingerprint density at radius 1 is 1.56 bits per heavy atom. The van der Waals surface area contributed by atoms with E-state index in [0.29, 0.717) is 26.5 Å². The van der Waals surface area contributed by atoms with Crippen molar-refractivity contribution in [2.75, 3.05) is 0 Å². The Bertz CT molecular complexity index is 497. The van der Waals surface area contributed by atoms with Gasteiger partial charge in [-0.2, -0.15) is 5.10 Å². The van der Waals surface area contributed by atoms with Crippen LogP contribution in [0.5, 0.6) is 0 Å². The molecule has 16 heavy (non-hydrogen) atoms.